The van der Waals surface area contributed by atoms with Crippen molar-refractivity contribution in [3.05, 3.63) is 82.0 Å². The smallest absolute Gasteiger partial charge is 0.313 e. The van der Waals surface area contributed by atoms with Gasteiger partial charge in [0, 0.05) is 21.7 Å². The van der Waals surface area contributed by atoms with Crippen molar-refractivity contribution in [1.82, 2.24) is 5.32 Å². The molecular formula is C23H19ClFNO3S. The molecule has 1 amide bonds. The van der Waals surface area contributed by atoms with E-state index >= 15 is 0 Å². The number of fused-ring (bicyclic) bond motifs is 1. The summed E-state index contributed by atoms with van der Waals surface area (Å²) in [4.78, 5) is 25.7. The number of esters is 1. The molecule has 0 radical (unpaired) electrons. The molecule has 1 aliphatic rings. The molecule has 4 nitrogen and oxygen atoms in total. The van der Waals surface area contributed by atoms with E-state index in [4.69, 9.17) is 16.3 Å². The molecule has 1 N–H and O–H groups in total. The minimum atomic E-state index is -0.776. The van der Waals surface area contributed by atoms with Crippen LogP contribution in [-0.4, -0.2) is 25.0 Å². The number of nitrogens with one attached hydrogen (secondary N) is 1. The molecule has 3 aromatic rings. The van der Waals surface area contributed by atoms with Crippen molar-refractivity contribution in [2.45, 2.75) is 18.4 Å². The van der Waals surface area contributed by atoms with Gasteiger partial charge in [0.25, 0.3) is 5.91 Å². The van der Waals surface area contributed by atoms with E-state index in [2.05, 4.69) is 5.32 Å². The molecule has 0 aliphatic heterocycles. The van der Waals surface area contributed by atoms with Gasteiger partial charge in [-0.25, -0.2) is 4.39 Å². The molecule has 1 heterocycles. The van der Waals surface area contributed by atoms with Gasteiger partial charge in [0.15, 0.2) is 0 Å². The van der Waals surface area contributed by atoms with Crippen molar-refractivity contribution in [1.29, 1.82) is 0 Å². The van der Waals surface area contributed by atoms with Gasteiger partial charge in [-0.1, -0.05) is 60.2 Å². The van der Waals surface area contributed by atoms with Crippen LogP contribution in [0.5, 0.6) is 0 Å². The number of ether oxygens (including phenoxy) is 1. The third-order valence-corrected chi connectivity index (χ3v) is 6.97. The Morgan fingerprint density at radius 2 is 1.90 bits per heavy atom. The molecule has 1 aliphatic carbocycles. The van der Waals surface area contributed by atoms with Gasteiger partial charge in [0.05, 0.1) is 18.1 Å². The van der Waals surface area contributed by atoms with E-state index in [0.717, 1.165) is 10.1 Å². The summed E-state index contributed by atoms with van der Waals surface area (Å²) in [5.74, 6) is -2.29. The number of hydrogen-bond acceptors (Lipinski definition) is 4. The number of methoxy groups -OCH3 is 1. The highest BCUT2D eigenvalue weighted by Gasteiger charge is 2.35. The summed E-state index contributed by atoms with van der Waals surface area (Å²) in [5.41, 5.74) is 0.290. The Balaban J connectivity index is 1.51. The SMILES string of the molecule is COC(=O)[C@H](c1ccccc1F)[C@@H]1C=C[C@@H](NC(=O)c2sc3ccccc3c2Cl)C1. The number of carbonyl (C=O) groups excluding carboxylic acids is 2. The average Bonchev–Trinajstić information content (AvgIpc) is 3.34. The summed E-state index contributed by atoms with van der Waals surface area (Å²) in [6.45, 7) is 0. The van der Waals surface area contributed by atoms with E-state index in [1.807, 2.05) is 36.4 Å². The fourth-order valence-corrected chi connectivity index (χ4v) is 5.28. The molecule has 2 aromatic carbocycles. The first-order valence-corrected chi connectivity index (χ1v) is 10.7. The lowest BCUT2D eigenvalue weighted by Crippen LogP contribution is -2.33. The molecular weight excluding hydrogens is 425 g/mol. The Hall–Kier alpha value is -2.70. The first-order chi connectivity index (χ1) is 14.5. The van der Waals surface area contributed by atoms with Crippen LogP contribution in [0.15, 0.2) is 60.7 Å². The van der Waals surface area contributed by atoms with Gasteiger partial charge in [-0.15, -0.1) is 11.3 Å². The lowest BCUT2D eigenvalue weighted by Gasteiger charge is -2.22. The Morgan fingerprint density at radius 3 is 2.63 bits per heavy atom. The Morgan fingerprint density at radius 1 is 1.17 bits per heavy atom. The van der Waals surface area contributed by atoms with Crippen molar-refractivity contribution in [3.8, 4) is 0 Å². The van der Waals surface area contributed by atoms with E-state index in [1.54, 1.807) is 18.2 Å². The fraction of sp³-hybridized carbons (Fsp3) is 0.217. The average molecular weight is 444 g/mol. The van der Waals surface area contributed by atoms with Crippen LogP contribution >= 0.6 is 22.9 Å². The zero-order valence-electron chi connectivity index (χ0n) is 16.1. The van der Waals surface area contributed by atoms with Gasteiger partial charge < -0.3 is 10.1 Å². The maximum Gasteiger partial charge on any atom is 0.313 e. The second kappa shape index (κ2) is 8.58. The van der Waals surface area contributed by atoms with Crippen LogP contribution in [0.4, 0.5) is 4.39 Å². The molecule has 0 bridgehead atoms. The van der Waals surface area contributed by atoms with Crippen LogP contribution in [0, 0.1) is 11.7 Å². The van der Waals surface area contributed by atoms with E-state index in [-0.39, 0.29) is 17.9 Å². The first-order valence-electron chi connectivity index (χ1n) is 9.48. The standard InChI is InChI=1S/C23H19ClFNO3S/c1-29-23(28)19(15-6-2-4-8-17(15)25)13-10-11-14(12-13)26-22(27)21-20(24)16-7-3-5-9-18(16)30-21/h2-11,13-14,19H,12H2,1H3,(H,26,27)/t13-,14-,19+/m1/s1. The van der Waals surface area contributed by atoms with Crippen LogP contribution in [0.25, 0.3) is 10.1 Å². The number of hydrogen-bond donors (Lipinski definition) is 1. The second-order valence-corrected chi connectivity index (χ2v) is 8.56. The molecule has 0 unspecified atom stereocenters. The lowest BCUT2D eigenvalue weighted by molar-refractivity contribution is -0.143. The largest absolute Gasteiger partial charge is 0.469 e. The summed E-state index contributed by atoms with van der Waals surface area (Å²) in [6.07, 6.45) is 4.13. The zero-order chi connectivity index (χ0) is 21.3. The topological polar surface area (TPSA) is 55.4 Å². The predicted octanol–water partition coefficient (Wildman–Crippen LogP) is 5.33. The highest BCUT2D eigenvalue weighted by molar-refractivity contribution is 7.21. The summed E-state index contributed by atoms with van der Waals surface area (Å²) in [6, 6.07) is 13.5. The maximum absolute atomic E-state index is 14.3. The van der Waals surface area contributed by atoms with Crippen molar-refractivity contribution >= 4 is 44.9 Å². The van der Waals surface area contributed by atoms with Gasteiger partial charge in [-0.05, 0) is 24.5 Å². The number of allylic oxidation sites excluding steroid dienone is 1. The van der Waals surface area contributed by atoms with E-state index in [0.29, 0.717) is 21.9 Å². The number of benzene rings is 2. The maximum atomic E-state index is 14.3. The van der Waals surface area contributed by atoms with Crippen LogP contribution in [-0.2, 0) is 9.53 Å². The minimum absolute atomic E-state index is 0.267. The Bertz CT molecular complexity index is 1140. The van der Waals surface area contributed by atoms with Crippen molar-refractivity contribution < 1.29 is 18.7 Å². The number of thiophene rings is 1. The number of halogens is 2. The molecule has 7 heteroatoms. The van der Waals surface area contributed by atoms with Gasteiger partial charge in [0.1, 0.15) is 10.7 Å². The van der Waals surface area contributed by atoms with E-state index in [1.165, 1.54) is 24.5 Å². The van der Waals surface area contributed by atoms with Crippen molar-refractivity contribution in [3.63, 3.8) is 0 Å². The minimum Gasteiger partial charge on any atom is -0.469 e. The molecule has 0 saturated heterocycles. The van der Waals surface area contributed by atoms with Crippen LogP contribution < -0.4 is 5.32 Å². The van der Waals surface area contributed by atoms with Crippen LogP contribution in [0.2, 0.25) is 5.02 Å². The second-order valence-electron chi connectivity index (χ2n) is 7.13. The third-order valence-electron chi connectivity index (χ3n) is 5.30. The van der Waals surface area contributed by atoms with Crippen LogP contribution in [0.3, 0.4) is 0 Å². The molecule has 1 aromatic heterocycles. The summed E-state index contributed by atoms with van der Waals surface area (Å²) >= 11 is 7.74. The van der Waals surface area contributed by atoms with Gasteiger partial charge in [0.2, 0.25) is 0 Å². The molecule has 30 heavy (non-hydrogen) atoms. The predicted molar refractivity (Wildman–Crippen MR) is 116 cm³/mol. The van der Waals surface area contributed by atoms with Crippen LogP contribution in [0.1, 0.15) is 27.6 Å². The number of amides is 1. The lowest BCUT2D eigenvalue weighted by atomic mass is 9.85. The summed E-state index contributed by atoms with van der Waals surface area (Å²) < 4.78 is 20.2. The first kappa shape index (κ1) is 20.6. The van der Waals surface area contributed by atoms with E-state index < -0.39 is 17.7 Å². The summed E-state index contributed by atoms with van der Waals surface area (Å²) in [7, 11) is 1.29. The van der Waals surface area contributed by atoms with Crippen molar-refractivity contribution in [2.24, 2.45) is 5.92 Å². The zero-order valence-corrected chi connectivity index (χ0v) is 17.7. The highest BCUT2D eigenvalue weighted by atomic mass is 35.5. The monoisotopic (exact) mass is 443 g/mol. The molecule has 0 spiro atoms. The normalized spacial score (nSPS) is 19.0. The third kappa shape index (κ3) is 3.85. The van der Waals surface area contributed by atoms with Gasteiger partial charge >= 0.3 is 5.97 Å². The molecule has 4 rings (SSSR count). The molecule has 0 saturated carbocycles. The fourth-order valence-electron chi connectivity index (χ4n) is 3.86. The van der Waals surface area contributed by atoms with Crippen molar-refractivity contribution in [2.75, 3.05) is 7.11 Å². The molecule has 3 atom stereocenters. The highest BCUT2D eigenvalue weighted by Crippen LogP contribution is 2.37. The number of carbonyl (C=O) groups is 2. The quantitative estimate of drug-likeness (QED) is 0.428. The van der Waals surface area contributed by atoms with E-state index in [9.17, 15) is 14.0 Å². The molecule has 154 valence electrons. The Kier molecular flexibility index (Phi) is 5.88. The molecule has 0 fully saturated rings. The van der Waals surface area contributed by atoms with Gasteiger partial charge in [-0.2, -0.15) is 0 Å². The number of rotatable bonds is 5. The van der Waals surface area contributed by atoms with Gasteiger partial charge in [-0.3, -0.25) is 9.59 Å². The summed E-state index contributed by atoms with van der Waals surface area (Å²) in [5, 5.41) is 4.24. The Labute approximate surface area is 182 Å².